The number of esters is 1. The number of hydrogen-bond donors (Lipinski definition) is 1. The number of likely N-dealkylation sites (N-methyl/N-ethyl adjacent to an activating group) is 1. The van der Waals surface area contributed by atoms with Crippen LogP contribution in [0.5, 0.6) is 0 Å². The van der Waals surface area contributed by atoms with Gasteiger partial charge in [0.05, 0.1) is 18.6 Å². The lowest BCUT2D eigenvalue weighted by molar-refractivity contribution is -0.147. The Kier molecular flexibility index (Phi) is 5.97. The molecule has 0 aromatic heterocycles. The van der Waals surface area contributed by atoms with Crippen molar-refractivity contribution in [3.63, 3.8) is 0 Å². The van der Waals surface area contributed by atoms with Crippen LogP contribution in [0.4, 0.5) is 0 Å². The second-order valence-electron chi connectivity index (χ2n) is 4.93. The molecule has 0 heterocycles. The summed E-state index contributed by atoms with van der Waals surface area (Å²) in [6.07, 6.45) is 0. The molecule has 4 nitrogen and oxygen atoms in total. The molecule has 0 aromatic rings. The molecule has 0 rings (SSSR count). The van der Waals surface area contributed by atoms with Crippen LogP contribution >= 0.6 is 0 Å². The van der Waals surface area contributed by atoms with Crippen LogP contribution in [0.15, 0.2) is 0 Å². The first-order valence-electron chi connectivity index (χ1n) is 5.77. The zero-order valence-electron chi connectivity index (χ0n) is 11.3. The minimum absolute atomic E-state index is 0.0591. The van der Waals surface area contributed by atoms with Gasteiger partial charge in [0.25, 0.3) is 0 Å². The van der Waals surface area contributed by atoms with E-state index in [1.54, 1.807) is 13.8 Å². The number of nitrogens with zero attached hydrogens (tertiary/aromatic N) is 1. The molecule has 1 N–H and O–H groups in total. The van der Waals surface area contributed by atoms with Crippen LogP contribution < -0.4 is 0 Å². The van der Waals surface area contributed by atoms with Gasteiger partial charge in [-0.15, -0.1) is 0 Å². The molecule has 0 fully saturated rings. The molecule has 0 amide bonds. The predicted molar refractivity (Wildman–Crippen MR) is 64.2 cm³/mol. The molecule has 16 heavy (non-hydrogen) atoms. The Morgan fingerprint density at radius 3 is 2.25 bits per heavy atom. The molecule has 0 aliphatic carbocycles. The summed E-state index contributed by atoms with van der Waals surface area (Å²) in [6.45, 7) is 10.7. The van der Waals surface area contributed by atoms with Gasteiger partial charge in [-0.3, -0.25) is 9.69 Å². The minimum atomic E-state index is -0.750. The average Bonchev–Trinajstić information content (AvgIpc) is 2.21. The van der Waals surface area contributed by atoms with Crippen molar-refractivity contribution in [1.82, 2.24) is 4.90 Å². The number of hydrogen-bond acceptors (Lipinski definition) is 4. The molecule has 0 aliphatic heterocycles. The second kappa shape index (κ2) is 6.21. The first-order chi connectivity index (χ1) is 7.22. The molecule has 0 spiro atoms. The lowest BCUT2D eigenvalue weighted by Gasteiger charge is -2.35. The van der Waals surface area contributed by atoms with Crippen LogP contribution in [0, 0.1) is 5.92 Å². The van der Waals surface area contributed by atoms with E-state index in [0.717, 1.165) is 6.54 Å². The number of carbonyl (C=O) groups excluding carboxylic acids is 1. The van der Waals surface area contributed by atoms with Crippen molar-refractivity contribution >= 4 is 5.97 Å². The maximum Gasteiger partial charge on any atom is 0.309 e. The fourth-order valence-electron chi connectivity index (χ4n) is 1.74. The molecule has 0 aliphatic rings. The highest BCUT2D eigenvalue weighted by molar-refractivity contribution is 5.72. The monoisotopic (exact) mass is 231 g/mol. The Hall–Kier alpha value is -0.610. The Bertz CT molecular complexity index is 223. The van der Waals surface area contributed by atoms with Gasteiger partial charge in [0.15, 0.2) is 0 Å². The van der Waals surface area contributed by atoms with E-state index in [1.807, 2.05) is 20.8 Å². The van der Waals surface area contributed by atoms with E-state index in [2.05, 4.69) is 4.90 Å². The van der Waals surface area contributed by atoms with Crippen molar-refractivity contribution < 1.29 is 14.6 Å². The molecular formula is C12H25NO3. The average molecular weight is 231 g/mol. The van der Waals surface area contributed by atoms with Gasteiger partial charge in [-0.1, -0.05) is 13.8 Å². The Morgan fingerprint density at radius 1 is 1.44 bits per heavy atom. The van der Waals surface area contributed by atoms with Gasteiger partial charge in [0.1, 0.15) is 0 Å². The van der Waals surface area contributed by atoms with E-state index in [1.165, 1.54) is 7.11 Å². The van der Waals surface area contributed by atoms with Crippen LogP contribution in [0.2, 0.25) is 0 Å². The van der Waals surface area contributed by atoms with Crippen molar-refractivity contribution in [1.29, 1.82) is 0 Å². The molecule has 2 atom stereocenters. The summed E-state index contributed by atoms with van der Waals surface area (Å²) in [5.74, 6) is -0.394. The molecule has 0 radical (unpaired) electrons. The smallest absolute Gasteiger partial charge is 0.309 e. The summed E-state index contributed by atoms with van der Waals surface area (Å²) in [5, 5.41) is 9.79. The van der Waals surface area contributed by atoms with Crippen LogP contribution in [-0.2, 0) is 9.53 Å². The molecule has 0 aromatic carbocycles. The molecule has 2 unspecified atom stereocenters. The van der Waals surface area contributed by atoms with Gasteiger partial charge in [0, 0.05) is 12.6 Å². The second-order valence-corrected chi connectivity index (χ2v) is 4.93. The van der Waals surface area contributed by atoms with Crippen molar-refractivity contribution in [2.45, 2.75) is 46.3 Å². The summed E-state index contributed by atoms with van der Waals surface area (Å²) in [7, 11) is 1.40. The topological polar surface area (TPSA) is 49.8 Å². The number of aliphatic hydroxyl groups is 1. The molecule has 96 valence electrons. The van der Waals surface area contributed by atoms with E-state index in [0.29, 0.717) is 6.54 Å². The van der Waals surface area contributed by atoms with E-state index in [4.69, 9.17) is 4.74 Å². The molecule has 0 saturated carbocycles. The van der Waals surface area contributed by atoms with Gasteiger partial charge in [-0.25, -0.2) is 0 Å². The van der Waals surface area contributed by atoms with Crippen LogP contribution in [-0.4, -0.2) is 47.8 Å². The SMILES string of the molecule is CCN(CC(C)(C)O)C(C)C(C)C(=O)OC. The number of methoxy groups -OCH3 is 1. The van der Waals surface area contributed by atoms with E-state index in [9.17, 15) is 9.90 Å². The fraction of sp³-hybridized carbons (Fsp3) is 0.917. The summed E-state index contributed by atoms with van der Waals surface area (Å²) >= 11 is 0. The number of ether oxygens (including phenoxy) is 1. The maximum absolute atomic E-state index is 11.4. The molecule has 4 heteroatoms. The van der Waals surface area contributed by atoms with Crippen molar-refractivity contribution in [2.75, 3.05) is 20.2 Å². The van der Waals surface area contributed by atoms with Gasteiger partial charge in [0.2, 0.25) is 0 Å². The third kappa shape index (κ3) is 4.94. The third-order valence-corrected chi connectivity index (χ3v) is 2.87. The van der Waals surface area contributed by atoms with Crippen molar-refractivity contribution in [3.05, 3.63) is 0 Å². The fourth-order valence-corrected chi connectivity index (χ4v) is 1.74. The Labute approximate surface area is 98.6 Å². The normalized spacial score (nSPS) is 16.0. The van der Waals surface area contributed by atoms with Gasteiger partial charge in [-0.05, 0) is 27.3 Å². The lowest BCUT2D eigenvalue weighted by atomic mass is 10.00. The minimum Gasteiger partial charge on any atom is -0.469 e. The van der Waals surface area contributed by atoms with Crippen LogP contribution in [0.25, 0.3) is 0 Å². The Balaban J connectivity index is 4.52. The van der Waals surface area contributed by atoms with Gasteiger partial charge in [-0.2, -0.15) is 0 Å². The molecular weight excluding hydrogens is 206 g/mol. The van der Waals surface area contributed by atoms with Crippen molar-refractivity contribution in [3.8, 4) is 0 Å². The highest BCUT2D eigenvalue weighted by Gasteiger charge is 2.28. The summed E-state index contributed by atoms with van der Waals surface area (Å²) in [6, 6.07) is 0.0591. The summed E-state index contributed by atoms with van der Waals surface area (Å²) in [4.78, 5) is 13.5. The van der Waals surface area contributed by atoms with E-state index < -0.39 is 5.60 Å². The first-order valence-corrected chi connectivity index (χ1v) is 5.77. The highest BCUT2D eigenvalue weighted by Crippen LogP contribution is 2.15. The first kappa shape index (κ1) is 15.4. The zero-order valence-corrected chi connectivity index (χ0v) is 11.3. The van der Waals surface area contributed by atoms with Crippen molar-refractivity contribution in [2.24, 2.45) is 5.92 Å². The van der Waals surface area contributed by atoms with Crippen LogP contribution in [0.3, 0.4) is 0 Å². The van der Waals surface area contributed by atoms with Gasteiger partial charge >= 0.3 is 5.97 Å². The van der Waals surface area contributed by atoms with Gasteiger partial charge < -0.3 is 9.84 Å². The number of carbonyl (C=O) groups is 1. The maximum atomic E-state index is 11.4. The van der Waals surface area contributed by atoms with Crippen LogP contribution in [0.1, 0.15) is 34.6 Å². The van der Waals surface area contributed by atoms with E-state index in [-0.39, 0.29) is 17.9 Å². The standard InChI is InChI=1S/C12H25NO3/c1-7-13(8-12(4,5)15)10(3)9(2)11(14)16-6/h9-10,15H,7-8H2,1-6H3. The highest BCUT2D eigenvalue weighted by atomic mass is 16.5. The quantitative estimate of drug-likeness (QED) is 0.700. The predicted octanol–water partition coefficient (Wildman–Crippen LogP) is 1.28. The van der Waals surface area contributed by atoms with E-state index >= 15 is 0 Å². The molecule has 0 saturated heterocycles. The zero-order chi connectivity index (χ0) is 12.9. The summed E-state index contributed by atoms with van der Waals surface area (Å²) < 4.78 is 4.73. The Morgan fingerprint density at radius 2 is 1.94 bits per heavy atom. The summed E-state index contributed by atoms with van der Waals surface area (Å²) in [5.41, 5.74) is -0.750. The largest absolute Gasteiger partial charge is 0.469 e. The molecule has 0 bridgehead atoms. The number of rotatable bonds is 6. The third-order valence-electron chi connectivity index (χ3n) is 2.87. The lowest BCUT2D eigenvalue weighted by Crippen LogP contribution is -2.47.